The summed E-state index contributed by atoms with van der Waals surface area (Å²) in [5, 5.41) is 0.435. The number of carbonyl (C=O) groups excluding carboxylic acids is 1. The predicted octanol–water partition coefficient (Wildman–Crippen LogP) is 3.72. The summed E-state index contributed by atoms with van der Waals surface area (Å²) in [6.45, 7) is 3.33. The molecule has 27 heavy (non-hydrogen) atoms. The van der Waals surface area contributed by atoms with E-state index in [1.807, 2.05) is 12.1 Å². The maximum absolute atomic E-state index is 13.0. The molecule has 1 heterocycles. The minimum Gasteiger partial charge on any atom is -0.497 e. The van der Waals surface area contributed by atoms with E-state index >= 15 is 0 Å². The highest BCUT2D eigenvalue weighted by molar-refractivity contribution is 5.84. The Morgan fingerprint density at radius 2 is 1.70 bits per heavy atom. The van der Waals surface area contributed by atoms with Crippen molar-refractivity contribution in [2.24, 2.45) is 0 Å². The van der Waals surface area contributed by atoms with Crippen LogP contribution >= 0.6 is 0 Å². The lowest BCUT2D eigenvalue weighted by atomic mass is 10.0. The van der Waals surface area contributed by atoms with Gasteiger partial charge in [0.15, 0.2) is 6.10 Å². The van der Waals surface area contributed by atoms with Gasteiger partial charge in [0, 0.05) is 6.07 Å². The van der Waals surface area contributed by atoms with Gasteiger partial charge in [-0.15, -0.1) is 0 Å². The molecule has 0 fully saturated rings. The second-order valence-corrected chi connectivity index (χ2v) is 6.03. The first-order valence-electron chi connectivity index (χ1n) is 8.41. The Hall–Kier alpha value is -3.28. The summed E-state index contributed by atoms with van der Waals surface area (Å²) in [4.78, 5) is 24.5. The Bertz CT molecular complexity index is 1030. The Labute approximate surface area is 156 Å². The van der Waals surface area contributed by atoms with Crippen molar-refractivity contribution in [3.05, 3.63) is 58.4 Å². The summed E-state index contributed by atoms with van der Waals surface area (Å²) in [5.41, 5.74) is 1.51. The molecule has 140 valence electrons. The lowest BCUT2D eigenvalue weighted by molar-refractivity contribution is -0.147. The summed E-state index contributed by atoms with van der Waals surface area (Å²) in [6.07, 6.45) is -0.765. The van der Waals surface area contributed by atoms with Crippen molar-refractivity contribution in [3.63, 3.8) is 0 Å². The Morgan fingerprint density at radius 3 is 2.33 bits per heavy atom. The van der Waals surface area contributed by atoms with Gasteiger partial charge >= 0.3 is 5.97 Å². The molecule has 2 aromatic carbocycles. The summed E-state index contributed by atoms with van der Waals surface area (Å²) < 4.78 is 21.2. The highest BCUT2D eigenvalue weighted by Crippen LogP contribution is 2.27. The number of methoxy groups -OCH3 is 2. The second-order valence-electron chi connectivity index (χ2n) is 6.03. The first kappa shape index (κ1) is 18.5. The molecule has 1 atom stereocenters. The third-order valence-electron chi connectivity index (χ3n) is 4.26. The summed E-state index contributed by atoms with van der Waals surface area (Å²) >= 11 is 0. The predicted molar refractivity (Wildman–Crippen MR) is 101 cm³/mol. The molecule has 0 unspecified atom stereocenters. The maximum atomic E-state index is 13.0. The minimum absolute atomic E-state index is 0.133. The molecule has 0 saturated heterocycles. The molecule has 0 aliphatic heterocycles. The van der Waals surface area contributed by atoms with E-state index in [1.54, 1.807) is 51.3 Å². The summed E-state index contributed by atoms with van der Waals surface area (Å²) in [5.74, 6) is 1.14. The summed E-state index contributed by atoms with van der Waals surface area (Å²) in [7, 11) is 2.89. The number of fused-ring (bicyclic) bond motifs is 1. The highest BCUT2D eigenvalue weighted by Gasteiger charge is 2.17. The van der Waals surface area contributed by atoms with E-state index < -0.39 is 12.1 Å². The van der Waals surface area contributed by atoms with Crippen LogP contribution in [0.2, 0.25) is 0 Å². The Kier molecular flexibility index (Phi) is 5.16. The number of aryl methyl sites for hydroxylation is 1. The third kappa shape index (κ3) is 3.65. The van der Waals surface area contributed by atoms with E-state index in [0.717, 1.165) is 5.56 Å². The lowest BCUT2D eigenvalue weighted by Gasteiger charge is -2.13. The minimum atomic E-state index is -0.765. The van der Waals surface area contributed by atoms with Gasteiger partial charge in [0.25, 0.3) is 0 Å². The van der Waals surface area contributed by atoms with Crippen molar-refractivity contribution in [3.8, 4) is 22.6 Å². The number of carbonyl (C=O) groups is 1. The molecule has 3 rings (SSSR count). The zero-order valence-corrected chi connectivity index (χ0v) is 15.6. The fourth-order valence-corrected chi connectivity index (χ4v) is 2.87. The number of ether oxygens (including phenoxy) is 3. The smallest absolute Gasteiger partial charge is 0.346 e. The normalized spacial score (nSPS) is 11.9. The van der Waals surface area contributed by atoms with E-state index in [-0.39, 0.29) is 5.43 Å². The van der Waals surface area contributed by atoms with E-state index in [9.17, 15) is 9.59 Å². The van der Waals surface area contributed by atoms with Crippen LogP contribution in [0.5, 0.6) is 11.5 Å². The van der Waals surface area contributed by atoms with Gasteiger partial charge in [-0.05, 0) is 43.7 Å². The molecule has 0 radical (unpaired) electrons. The molecule has 0 spiro atoms. The van der Waals surface area contributed by atoms with Gasteiger partial charge in [0.1, 0.15) is 22.8 Å². The van der Waals surface area contributed by atoms with E-state index in [4.69, 9.17) is 13.9 Å². The molecule has 3 aromatic rings. The fraction of sp³-hybridized carbons (Fsp3) is 0.238. The standard InChI is InChI=1S/C21H20O6/c1-12-19(14-5-7-15(24-3)8-6-14)20(22)17-10-9-16(11-18(17)27-12)26-13(2)21(23)25-4/h5-11,13H,1-4H3/t13-/m0/s1. The van der Waals surface area contributed by atoms with Gasteiger partial charge in [-0.2, -0.15) is 0 Å². The van der Waals surface area contributed by atoms with E-state index in [2.05, 4.69) is 4.74 Å². The van der Waals surface area contributed by atoms with Crippen molar-refractivity contribution in [1.29, 1.82) is 0 Å². The molecular weight excluding hydrogens is 348 g/mol. The maximum Gasteiger partial charge on any atom is 0.346 e. The zero-order valence-electron chi connectivity index (χ0n) is 15.6. The topological polar surface area (TPSA) is 75.0 Å². The molecular formula is C21H20O6. The van der Waals surface area contributed by atoms with Gasteiger partial charge in [0.05, 0.1) is 25.2 Å². The van der Waals surface area contributed by atoms with Gasteiger partial charge in [0.2, 0.25) is 5.43 Å². The molecule has 0 aliphatic rings. The Balaban J connectivity index is 2.03. The van der Waals surface area contributed by atoms with Crippen LogP contribution in [-0.2, 0) is 9.53 Å². The zero-order chi connectivity index (χ0) is 19.6. The number of esters is 1. The van der Waals surface area contributed by atoms with Gasteiger partial charge < -0.3 is 18.6 Å². The van der Waals surface area contributed by atoms with Crippen molar-refractivity contribution in [2.45, 2.75) is 20.0 Å². The second kappa shape index (κ2) is 7.53. The number of hydrogen-bond acceptors (Lipinski definition) is 6. The average Bonchev–Trinajstić information content (AvgIpc) is 2.67. The molecule has 0 saturated carbocycles. The molecule has 0 amide bonds. The number of hydrogen-bond donors (Lipinski definition) is 0. The van der Waals surface area contributed by atoms with E-state index in [0.29, 0.717) is 33.8 Å². The first-order chi connectivity index (χ1) is 12.9. The number of rotatable bonds is 5. The van der Waals surface area contributed by atoms with Crippen LogP contribution in [0.1, 0.15) is 12.7 Å². The van der Waals surface area contributed by atoms with Crippen molar-refractivity contribution < 1.29 is 23.4 Å². The average molecular weight is 368 g/mol. The first-order valence-corrected chi connectivity index (χ1v) is 8.41. The van der Waals surface area contributed by atoms with Crippen molar-refractivity contribution in [2.75, 3.05) is 14.2 Å². The van der Waals surface area contributed by atoms with Crippen LogP contribution in [0.25, 0.3) is 22.1 Å². The summed E-state index contributed by atoms with van der Waals surface area (Å²) in [6, 6.07) is 12.1. The highest BCUT2D eigenvalue weighted by atomic mass is 16.6. The van der Waals surface area contributed by atoms with E-state index in [1.165, 1.54) is 7.11 Å². The SMILES string of the molecule is COC(=O)[C@H](C)Oc1ccc2c(=O)c(-c3ccc(OC)cc3)c(C)oc2c1. The van der Waals surface area contributed by atoms with Crippen LogP contribution in [-0.4, -0.2) is 26.3 Å². The monoisotopic (exact) mass is 368 g/mol. The molecule has 0 bridgehead atoms. The van der Waals surface area contributed by atoms with Crippen LogP contribution in [0.4, 0.5) is 0 Å². The molecule has 6 nitrogen and oxygen atoms in total. The Morgan fingerprint density at radius 1 is 1.04 bits per heavy atom. The van der Waals surface area contributed by atoms with Gasteiger partial charge in [-0.25, -0.2) is 4.79 Å². The van der Waals surface area contributed by atoms with Crippen LogP contribution in [0.3, 0.4) is 0 Å². The van der Waals surface area contributed by atoms with Crippen LogP contribution in [0.15, 0.2) is 51.7 Å². The number of benzene rings is 2. The van der Waals surface area contributed by atoms with Gasteiger partial charge in [-0.1, -0.05) is 12.1 Å². The van der Waals surface area contributed by atoms with Crippen molar-refractivity contribution in [1.82, 2.24) is 0 Å². The van der Waals surface area contributed by atoms with Crippen LogP contribution in [0, 0.1) is 6.92 Å². The fourth-order valence-electron chi connectivity index (χ4n) is 2.87. The van der Waals surface area contributed by atoms with Crippen LogP contribution < -0.4 is 14.9 Å². The molecule has 0 aliphatic carbocycles. The quantitative estimate of drug-likeness (QED) is 0.639. The molecule has 6 heteroatoms. The molecule has 0 N–H and O–H groups in total. The third-order valence-corrected chi connectivity index (χ3v) is 4.26. The van der Waals surface area contributed by atoms with Crippen molar-refractivity contribution >= 4 is 16.9 Å². The molecule has 1 aromatic heterocycles. The largest absolute Gasteiger partial charge is 0.497 e. The lowest BCUT2D eigenvalue weighted by Crippen LogP contribution is -2.24. The van der Waals surface area contributed by atoms with Gasteiger partial charge in [-0.3, -0.25) is 4.79 Å².